The Hall–Kier alpha value is -2.19. The van der Waals surface area contributed by atoms with Crippen molar-refractivity contribution in [1.82, 2.24) is 15.3 Å². The molecule has 0 bridgehead atoms. The number of anilines is 1. The fourth-order valence-electron chi connectivity index (χ4n) is 2.09. The van der Waals surface area contributed by atoms with Crippen molar-refractivity contribution in [2.24, 2.45) is 10.4 Å². The van der Waals surface area contributed by atoms with Crippen LogP contribution in [0.4, 0.5) is 5.82 Å². The molecule has 0 aliphatic rings. The van der Waals surface area contributed by atoms with Gasteiger partial charge in [-0.1, -0.05) is 26.8 Å². The molecule has 0 spiro atoms. The van der Waals surface area contributed by atoms with Gasteiger partial charge >= 0.3 is 0 Å². The number of hydrogen-bond acceptors (Lipinski definition) is 7. The lowest BCUT2D eigenvalue weighted by molar-refractivity contribution is -0.110. The second-order valence-corrected chi connectivity index (χ2v) is 9.95. The number of nitrogens with zero attached hydrogens (tertiary/aromatic N) is 3. The average molecular weight is 448 g/mol. The van der Waals surface area contributed by atoms with Crippen molar-refractivity contribution < 1.29 is 4.79 Å². The Morgan fingerprint density at radius 3 is 2.47 bits per heavy atom. The van der Waals surface area contributed by atoms with Crippen LogP contribution in [-0.2, 0) is 4.79 Å². The van der Waals surface area contributed by atoms with E-state index in [0.29, 0.717) is 0 Å². The normalized spacial score (nSPS) is 12.4. The highest BCUT2D eigenvalue weighted by Crippen LogP contribution is 2.28. The zero-order chi connectivity index (χ0) is 22.7. The summed E-state index contributed by atoms with van der Waals surface area (Å²) in [5.74, 6) is 1.60. The van der Waals surface area contributed by atoms with E-state index in [4.69, 9.17) is 0 Å². The molecule has 2 aromatic rings. The van der Waals surface area contributed by atoms with Crippen LogP contribution in [0.25, 0.3) is 5.70 Å². The number of thioether (sulfide) groups is 1. The van der Waals surface area contributed by atoms with E-state index in [1.807, 2.05) is 51.4 Å². The Morgan fingerprint density at radius 1 is 1.33 bits per heavy atom. The van der Waals surface area contributed by atoms with Crippen molar-refractivity contribution in [3.63, 3.8) is 0 Å². The van der Waals surface area contributed by atoms with E-state index in [9.17, 15) is 4.79 Å². The monoisotopic (exact) mass is 447 g/mol. The molecule has 0 aliphatic heterocycles. The Kier molecular flexibility index (Phi) is 10.8. The topological polar surface area (TPSA) is 79.3 Å². The van der Waals surface area contributed by atoms with Gasteiger partial charge in [0, 0.05) is 12.2 Å². The lowest BCUT2D eigenvalue weighted by Gasteiger charge is -2.26. The van der Waals surface area contributed by atoms with Gasteiger partial charge in [-0.15, -0.1) is 23.1 Å². The average Bonchev–Trinajstić information content (AvgIpc) is 3.01. The minimum Gasteiger partial charge on any atom is -0.361 e. The summed E-state index contributed by atoms with van der Waals surface area (Å²) in [4.78, 5) is 23.9. The third-order valence-corrected chi connectivity index (χ3v) is 6.16. The number of hydrogen-bond donors (Lipinski definition) is 2. The molecule has 0 radical (unpaired) electrons. The van der Waals surface area contributed by atoms with Gasteiger partial charge in [0.2, 0.25) is 6.41 Å². The number of aliphatic imine (C=N–C) groups is 1. The Bertz CT molecular complexity index is 838. The molecule has 8 heteroatoms. The van der Waals surface area contributed by atoms with E-state index < -0.39 is 0 Å². The first kappa shape index (κ1) is 25.8. The number of carbonyl (C=O) groups excluding carboxylic acids is 1. The number of rotatable bonds is 8. The number of aromatic nitrogens is 2. The molecule has 1 atom stereocenters. The van der Waals surface area contributed by atoms with Gasteiger partial charge < -0.3 is 10.6 Å². The third-order valence-electron chi connectivity index (χ3n) is 4.37. The van der Waals surface area contributed by atoms with Crippen LogP contribution in [0.3, 0.4) is 0 Å². The highest BCUT2D eigenvalue weighted by molar-refractivity contribution is 8.02. The fraction of sp³-hybridized carbons (Fsp3) is 0.455. The lowest BCUT2D eigenvalue weighted by atomic mass is 9.88. The van der Waals surface area contributed by atoms with Crippen LogP contribution in [-0.4, -0.2) is 35.0 Å². The molecule has 1 amide bonds. The molecule has 2 rings (SSSR count). The van der Waals surface area contributed by atoms with Gasteiger partial charge in [0.1, 0.15) is 5.82 Å². The van der Waals surface area contributed by atoms with E-state index in [0.717, 1.165) is 44.9 Å². The van der Waals surface area contributed by atoms with Gasteiger partial charge in [0.15, 0.2) is 0 Å². The molecule has 0 fully saturated rings. The minimum atomic E-state index is 0.168. The van der Waals surface area contributed by atoms with Gasteiger partial charge in [-0.05, 0) is 56.9 Å². The number of amides is 1. The van der Waals surface area contributed by atoms with Gasteiger partial charge in [-0.2, -0.15) is 0 Å². The molecular formula is C22H33N5OS2. The number of thiazole rings is 1. The first-order valence-electron chi connectivity index (χ1n) is 9.67. The molecule has 6 nitrogen and oxygen atoms in total. The molecule has 0 aromatic carbocycles. The summed E-state index contributed by atoms with van der Waals surface area (Å²) in [6.45, 7) is 17.9. The van der Waals surface area contributed by atoms with Crippen molar-refractivity contribution in [1.29, 1.82) is 0 Å². The highest BCUT2D eigenvalue weighted by atomic mass is 32.2. The van der Waals surface area contributed by atoms with Gasteiger partial charge in [-0.25, -0.2) is 9.97 Å². The highest BCUT2D eigenvalue weighted by Gasteiger charge is 2.18. The van der Waals surface area contributed by atoms with Gasteiger partial charge in [0.25, 0.3) is 0 Å². The minimum absolute atomic E-state index is 0.168. The van der Waals surface area contributed by atoms with Crippen molar-refractivity contribution in [3.8, 4) is 0 Å². The third kappa shape index (κ3) is 9.09. The van der Waals surface area contributed by atoms with Gasteiger partial charge in [-0.3, -0.25) is 9.79 Å². The molecule has 0 saturated carbocycles. The molecule has 164 valence electrons. The summed E-state index contributed by atoms with van der Waals surface area (Å²) in [6, 6.07) is 4.26. The first-order valence-corrected chi connectivity index (χ1v) is 11.5. The van der Waals surface area contributed by atoms with Gasteiger partial charge in [0.05, 0.1) is 27.2 Å². The Labute approximate surface area is 188 Å². The smallest absolute Gasteiger partial charge is 0.207 e. The number of carbonyl (C=O) groups is 1. The molecular weight excluding hydrogens is 414 g/mol. The maximum atomic E-state index is 9.95. The number of pyridine rings is 1. The predicted molar refractivity (Wildman–Crippen MR) is 132 cm³/mol. The van der Waals surface area contributed by atoms with Crippen molar-refractivity contribution in [2.75, 3.05) is 11.2 Å². The van der Waals surface area contributed by atoms with E-state index >= 15 is 0 Å². The molecule has 2 N–H and O–H groups in total. The molecule has 30 heavy (non-hydrogen) atoms. The molecule has 2 heterocycles. The Balaban J connectivity index is 0.000000424. The maximum absolute atomic E-state index is 9.95. The van der Waals surface area contributed by atoms with E-state index in [1.165, 1.54) is 0 Å². The summed E-state index contributed by atoms with van der Waals surface area (Å²) in [7, 11) is 0. The van der Waals surface area contributed by atoms with Crippen molar-refractivity contribution in [3.05, 3.63) is 44.9 Å². The summed E-state index contributed by atoms with van der Waals surface area (Å²) in [5.41, 5.74) is 3.20. The second-order valence-electron chi connectivity index (χ2n) is 7.89. The van der Waals surface area contributed by atoms with Crippen LogP contribution in [0.2, 0.25) is 0 Å². The summed E-state index contributed by atoms with van der Waals surface area (Å²) in [6.07, 6.45) is 2.60. The molecule has 0 aliphatic carbocycles. The summed E-state index contributed by atoms with van der Waals surface area (Å²) in [5, 5.41) is 9.01. The summed E-state index contributed by atoms with van der Waals surface area (Å²) >= 11 is 3.27. The fourth-order valence-corrected chi connectivity index (χ4v) is 3.73. The standard InChI is InChI=1S/C15H18N4S2.C7H15NO/c1-10-5-6-14(17-7-10)18-9-20-8-13(16-4)15-11(2)19-12(3)21-15;1-6(8-5-9)7(2,3)4/h5-8H,4,9H2,1-3H3,(H,17,18);5-6H,1-4H3,(H,8,9)/b13-8-;/t;6-/m.1/s1. The lowest BCUT2D eigenvalue weighted by Crippen LogP contribution is -2.36. The van der Waals surface area contributed by atoms with E-state index in [-0.39, 0.29) is 11.5 Å². The van der Waals surface area contributed by atoms with E-state index in [1.54, 1.807) is 23.1 Å². The molecule has 0 unspecified atom stereocenters. The summed E-state index contributed by atoms with van der Waals surface area (Å²) < 4.78 is 0. The van der Waals surface area contributed by atoms with Crippen molar-refractivity contribution in [2.45, 2.75) is 54.5 Å². The zero-order valence-electron chi connectivity index (χ0n) is 18.9. The van der Waals surface area contributed by atoms with Crippen LogP contribution >= 0.6 is 23.1 Å². The van der Waals surface area contributed by atoms with Crippen LogP contribution in [0.5, 0.6) is 0 Å². The van der Waals surface area contributed by atoms with Crippen LogP contribution in [0, 0.1) is 26.2 Å². The second kappa shape index (κ2) is 12.5. The molecule has 0 saturated heterocycles. The predicted octanol–water partition coefficient (Wildman–Crippen LogP) is 5.43. The SMILES string of the molecule is C=N/C(=C\SCNc1ccc(C)cn1)c1sc(C)nc1C.C[C@@H](NC=O)C(C)(C)C. The largest absolute Gasteiger partial charge is 0.361 e. The quantitative estimate of drug-likeness (QED) is 0.244. The maximum Gasteiger partial charge on any atom is 0.207 e. The van der Waals surface area contributed by atoms with Crippen molar-refractivity contribution >= 4 is 47.7 Å². The first-order chi connectivity index (χ1) is 14.1. The Morgan fingerprint density at radius 2 is 2.03 bits per heavy atom. The van der Waals surface area contributed by atoms with Crippen LogP contribution in [0.15, 0.2) is 28.7 Å². The number of aryl methyl sites for hydroxylation is 3. The van der Waals surface area contributed by atoms with Crippen LogP contribution < -0.4 is 10.6 Å². The molecule has 2 aromatic heterocycles. The van der Waals surface area contributed by atoms with Crippen LogP contribution in [0.1, 0.15) is 48.8 Å². The van der Waals surface area contributed by atoms with E-state index in [2.05, 4.69) is 53.1 Å². The zero-order valence-corrected chi connectivity index (χ0v) is 20.6. The number of nitrogens with one attached hydrogen (secondary N) is 2.